The fourth-order valence-corrected chi connectivity index (χ4v) is 2.53. The summed E-state index contributed by atoms with van der Waals surface area (Å²) in [4.78, 5) is 0. The van der Waals surface area contributed by atoms with Gasteiger partial charge in [0.05, 0.1) is 12.6 Å². The minimum atomic E-state index is -0.821. The molecule has 0 aliphatic rings. The normalized spacial score (nSPS) is 13.9. The van der Waals surface area contributed by atoms with Crippen LogP contribution in [0.3, 0.4) is 0 Å². The summed E-state index contributed by atoms with van der Waals surface area (Å²) in [5.41, 5.74) is 10.1. The fraction of sp³-hybridized carbons (Fsp3) is 0.333. The third kappa shape index (κ3) is 2.66. The quantitative estimate of drug-likeness (QED) is 0.926. The molecule has 2 rings (SSSR count). The monoisotopic (exact) mass is 287 g/mol. The number of hydrogen-bond acceptors (Lipinski definition) is 2. The van der Waals surface area contributed by atoms with Gasteiger partial charge in [-0.15, -0.1) is 0 Å². The first-order valence-corrected chi connectivity index (χ1v) is 6.99. The summed E-state index contributed by atoms with van der Waals surface area (Å²) in [6, 6.07) is 9.10. The molecule has 0 aromatic heterocycles. The lowest BCUT2D eigenvalue weighted by Crippen LogP contribution is -2.35. The Kier molecular flexibility index (Phi) is 4.06. The van der Waals surface area contributed by atoms with E-state index < -0.39 is 5.54 Å². The van der Waals surface area contributed by atoms with Crippen LogP contribution in [0.15, 0.2) is 30.3 Å². The topological polar surface area (TPSA) is 35.2 Å². The van der Waals surface area contributed by atoms with Gasteiger partial charge in [-0.05, 0) is 56.0 Å². The van der Waals surface area contributed by atoms with Gasteiger partial charge >= 0.3 is 0 Å². The average molecular weight is 287 g/mol. The highest BCUT2D eigenvalue weighted by molar-refractivity contribution is 5.52. The maximum Gasteiger partial charge on any atom is 0.127 e. The molecule has 2 nitrogen and oxygen atoms in total. The van der Waals surface area contributed by atoms with Gasteiger partial charge in [0.1, 0.15) is 11.6 Å². The molecule has 0 saturated heterocycles. The van der Waals surface area contributed by atoms with Crippen molar-refractivity contribution in [2.24, 2.45) is 5.73 Å². The summed E-state index contributed by atoms with van der Waals surface area (Å²) in [6.07, 6.45) is 0. The highest BCUT2D eigenvalue weighted by Gasteiger charge is 2.29. The largest absolute Gasteiger partial charge is 0.496 e. The molecule has 1 atom stereocenters. The predicted molar refractivity (Wildman–Crippen MR) is 84.2 cm³/mol. The van der Waals surface area contributed by atoms with Crippen molar-refractivity contribution in [1.29, 1.82) is 0 Å². The number of benzene rings is 2. The molecule has 0 heterocycles. The van der Waals surface area contributed by atoms with Crippen molar-refractivity contribution in [2.45, 2.75) is 33.2 Å². The lowest BCUT2D eigenvalue weighted by Gasteiger charge is -2.29. The Morgan fingerprint density at radius 2 is 1.67 bits per heavy atom. The summed E-state index contributed by atoms with van der Waals surface area (Å²) in [5, 5.41) is 0. The summed E-state index contributed by atoms with van der Waals surface area (Å²) in [7, 11) is 1.64. The van der Waals surface area contributed by atoms with Crippen LogP contribution in [0.1, 0.15) is 34.7 Å². The van der Waals surface area contributed by atoms with E-state index >= 15 is 0 Å². The highest BCUT2D eigenvalue weighted by Crippen LogP contribution is 2.37. The Morgan fingerprint density at radius 3 is 2.24 bits per heavy atom. The van der Waals surface area contributed by atoms with Gasteiger partial charge in [-0.25, -0.2) is 4.39 Å². The Hall–Kier alpha value is -1.87. The molecule has 2 aromatic carbocycles. The highest BCUT2D eigenvalue weighted by atomic mass is 19.1. The molecule has 0 spiro atoms. The summed E-state index contributed by atoms with van der Waals surface area (Å²) in [6.45, 7) is 7.65. The minimum Gasteiger partial charge on any atom is -0.496 e. The van der Waals surface area contributed by atoms with Crippen LogP contribution >= 0.6 is 0 Å². The van der Waals surface area contributed by atoms with Crippen molar-refractivity contribution >= 4 is 0 Å². The second-order valence-electron chi connectivity index (χ2n) is 5.75. The first-order chi connectivity index (χ1) is 9.78. The van der Waals surface area contributed by atoms with Crippen molar-refractivity contribution in [3.8, 4) is 5.75 Å². The molecule has 0 amide bonds. The zero-order valence-corrected chi connectivity index (χ0v) is 13.3. The summed E-state index contributed by atoms with van der Waals surface area (Å²) < 4.78 is 19.4. The van der Waals surface area contributed by atoms with Crippen LogP contribution in [0.2, 0.25) is 0 Å². The van der Waals surface area contributed by atoms with E-state index in [4.69, 9.17) is 10.5 Å². The number of hydrogen-bond donors (Lipinski definition) is 1. The molecule has 2 aromatic rings. The molecule has 2 N–H and O–H groups in total. The van der Waals surface area contributed by atoms with E-state index in [0.29, 0.717) is 5.56 Å². The molecule has 0 bridgehead atoms. The summed E-state index contributed by atoms with van der Waals surface area (Å²) in [5.74, 6) is 0.521. The second-order valence-corrected chi connectivity index (χ2v) is 5.75. The molecule has 21 heavy (non-hydrogen) atoms. The zero-order valence-electron chi connectivity index (χ0n) is 13.3. The number of ether oxygens (including phenoxy) is 1. The van der Waals surface area contributed by atoms with Crippen molar-refractivity contribution in [3.63, 3.8) is 0 Å². The molecule has 3 heteroatoms. The van der Waals surface area contributed by atoms with Crippen molar-refractivity contribution in [1.82, 2.24) is 0 Å². The fourth-order valence-electron chi connectivity index (χ4n) is 2.53. The van der Waals surface area contributed by atoms with Crippen LogP contribution in [0, 0.1) is 26.6 Å². The lowest BCUT2D eigenvalue weighted by molar-refractivity contribution is 0.395. The van der Waals surface area contributed by atoms with Gasteiger partial charge in [0.15, 0.2) is 0 Å². The lowest BCUT2D eigenvalue weighted by atomic mass is 9.83. The zero-order chi connectivity index (χ0) is 15.8. The van der Waals surface area contributed by atoms with E-state index in [9.17, 15) is 4.39 Å². The Bertz CT molecular complexity index is 677. The molecule has 0 saturated carbocycles. The third-order valence-electron chi connectivity index (χ3n) is 4.21. The smallest absolute Gasteiger partial charge is 0.127 e. The molecule has 0 aliphatic carbocycles. The molecule has 112 valence electrons. The van der Waals surface area contributed by atoms with Gasteiger partial charge in [-0.2, -0.15) is 0 Å². The van der Waals surface area contributed by atoms with Gasteiger partial charge < -0.3 is 10.5 Å². The minimum absolute atomic E-state index is 0.244. The predicted octanol–water partition coefficient (Wildman–Crippen LogP) is 3.98. The Balaban J connectivity index is 2.63. The molecule has 1 unspecified atom stereocenters. The van der Waals surface area contributed by atoms with Crippen molar-refractivity contribution in [3.05, 3.63) is 64.0 Å². The van der Waals surface area contributed by atoms with E-state index in [2.05, 4.69) is 0 Å². The first-order valence-electron chi connectivity index (χ1n) is 6.99. The molecule has 0 radical (unpaired) electrons. The van der Waals surface area contributed by atoms with E-state index in [1.54, 1.807) is 20.1 Å². The Morgan fingerprint density at radius 1 is 1.05 bits per heavy atom. The number of halogens is 1. The van der Waals surface area contributed by atoms with E-state index in [-0.39, 0.29) is 5.82 Å². The van der Waals surface area contributed by atoms with Crippen LogP contribution in [0.25, 0.3) is 0 Å². The van der Waals surface area contributed by atoms with Gasteiger partial charge in [0.2, 0.25) is 0 Å². The van der Waals surface area contributed by atoms with Crippen LogP contribution in [-0.4, -0.2) is 7.11 Å². The second kappa shape index (κ2) is 5.49. The number of aryl methyl sites for hydroxylation is 2. The molecule has 0 aliphatic heterocycles. The van der Waals surface area contributed by atoms with Gasteiger partial charge in [-0.1, -0.05) is 24.3 Å². The van der Waals surface area contributed by atoms with E-state index in [0.717, 1.165) is 28.0 Å². The SMILES string of the molecule is COc1c(C(C)(N)c2ccc(C)c(F)c2)ccc(C)c1C. The van der Waals surface area contributed by atoms with Crippen LogP contribution in [-0.2, 0) is 5.54 Å². The van der Waals surface area contributed by atoms with Crippen LogP contribution < -0.4 is 10.5 Å². The molecule has 0 fully saturated rings. The van der Waals surface area contributed by atoms with Gasteiger partial charge in [-0.3, -0.25) is 0 Å². The summed E-state index contributed by atoms with van der Waals surface area (Å²) >= 11 is 0. The van der Waals surface area contributed by atoms with E-state index in [1.165, 1.54) is 6.07 Å². The maximum absolute atomic E-state index is 13.9. The maximum atomic E-state index is 13.9. The van der Waals surface area contributed by atoms with Crippen molar-refractivity contribution < 1.29 is 9.13 Å². The number of rotatable bonds is 3. The Labute approximate surface area is 125 Å². The first kappa shape index (κ1) is 15.5. The molecular weight excluding hydrogens is 265 g/mol. The van der Waals surface area contributed by atoms with Crippen LogP contribution in [0.4, 0.5) is 4.39 Å². The number of methoxy groups -OCH3 is 1. The standard InChI is InChI=1S/C18H22FNO/c1-11-7-9-15(17(21-5)13(11)3)18(4,20)14-8-6-12(2)16(19)10-14/h6-10H,20H2,1-5H3. The van der Waals surface area contributed by atoms with Gasteiger partial charge in [0.25, 0.3) is 0 Å². The third-order valence-corrected chi connectivity index (χ3v) is 4.21. The van der Waals surface area contributed by atoms with E-state index in [1.807, 2.05) is 39.0 Å². The number of nitrogens with two attached hydrogens (primary N) is 1. The van der Waals surface area contributed by atoms with Gasteiger partial charge in [0, 0.05) is 5.56 Å². The van der Waals surface area contributed by atoms with Crippen molar-refractivity contribution in [2.75, 3.05) is 7.11 Å². The van der Waals surface area contributed by atoms with Crippen LogP contribution in [0.5, 0.6) is 5.75 Å². The molecular formula is C18H22FNO. The average Bonchev–Trinajstić information content (AvgIpc) is 2.44.